The molecule has 96 valence electrons. The summed E-state index contributed by atoms with van der Waals surface area (Å²) >= 11 is 3.11. The summed E-state index contributed by atoms with van der Waals surface area (Å²) in [7, 11) is 0. The van der Waals surface area contributed by atoms with Gasteiger partial charge < -0.3 is 11.1 Å². The van der Waals surface area contributed by atoms with Crippen molar-refractivity contribution >= 4 is 21.6 Å². The molecule has 1 unspecified atom stereocenters. The summed E-state index contributed by atoms with van der Waals surface area (Å²) in [6.07, 6.45) is -3.51. The van der Waals surface area contributed by atoms with Crippen molar-refractivity contribution < 1.29 is 13.2 Å². The Morgan fingerprint density at radius 1 is 1.41 bits per heavy atom. The third-order valence-corrected chi connectivity index (χ3v) is 3.03. The summed E-state index contributed by atoms with van der Waals surface area (Å²) in [5, 5.41) is 3.00. The molecule has 2 nitrogen and oxygen atoms in total. The molecule has 0 saturated carbocycles. The first-order chi connectivity index (χ1) is 7.84. The van der Waals surface area contributed by atoms with E-state index in [2.05, 4.69) is 21.2 Å². The molecule has 0 fully saturated rings. The molecule has 3 N–H and O–H groups in total. The van der Waals surface area contributed by atoms with Crippen LogP contribution in [-0.2, 0) is 6.18 Å². The van der Waals surface area contributed by atoms with Crippen LogP contribution in [0.1, 0.15) is 18.9 Å². The minimum absolute atomic E-state index is 0.0100. The molecule has 17 heavy (non-hydrogen) atoms. The molecule has 0 bridgehead atoms. The van der Waals surface area contributed by atoms with E-state index in [1.165, 1.54) is 6.07 Å². The lowest BCUT2D eigenvalue weighted by atomic mass is 10.2. The number of nitrogens with one attached hydrogen (secondary N) is 1. The van der Waals surface area contributed by atoms with Crippen molar-refractivity contribution in [2.75, 3.05) is 11.9 Å². The number of anilines is 1. The predicted molar refractivity (Wildman–Crippen MR) is 65.9 cm³/mol. The Bertz CT molecular complexity index is 379. The minimum Gasteiger partial charge on any atom is -0.383 e. The van der Waals surface area contributed by atoms with Crippen molar-refractivity contribution in [3.8, 4) is 0 Å². The first-order valence-corrected chi connectivity index (χ1v) is 6.00. The molecular weight excluding hydrogens is 297 g/mol. The lowest BCUT2D eigenvalue weighted by molar-refractivity contribution is -0.137. The maximum atomic E-state index is 12.4. The van der Waals surface area contributed by atoms with Crippen LogP contribution in [0.25, 0.3) is 0 Å². The number of halogens is 4. The van der Waals surface area contributed by atoms with Gasteiger partial charge in [0.15, 0.2) is 0 Å². The van der Waals surface area contributed by atoms with Crippen LogP contribution in [0.15, 0.2) is 22.7 Å². The zero-order chi connectivity index (χ0) is 13.1. The fraction of sp³-hybridized carbons (Fsp3) is 0.455. The van der Waals surface area contributed by atoms with Crippen molar-refractivity contribution in [2.24, 2.45) is 5.73 Å². The summed E-state index contributed by atoms with van der Waals surface area (Å²) in [4.78, 5) is 0. The molecule has 1 aromatic carbocycles. The summed E-state index contributed by atoms with van der Waals surface area (Å²) in [5.41, 5.74) is 5.65. The van der Waals surface area contributed by atoms with Crippen LogP contribution in [0, 0.1) is 0 Å². The second-order valence-corrected chi connectivity index (χ2v) is 4.60. The lowest BCUT2D eigenvalue weighted by Crippen LogP contribution is -2.28. The van der Waals surface area contributed by atoms with Crippen LogP contribution >= 0.6 is 15.9 Å². The third-order valence-electron chi connectivity index (χ3n) is 2.38. The monoisotopic (exact) mass is 310 g/mol. The topological polar surface area (TPSA) is 38.0 Å². The first kappa shape index (κ1) is 14.3. The summed E-state index contributed by atoms with van der Waals surface area (Å²) < 4.78 is 37.6. The highest BCUT2D eigenvalue weighted by Crippen LogP contribution is 2.33. The molecule has 1 atom stereocenters. The van der Waals surface area contributed by atoms with Crippen LogP contribution in [0.5, 0.6) is 0 Å². The van der Waals surface area contributed by atoms with E-state index in [-0.39, 0.29) is 6.04 Å². The lowest BCUT2D eigenvalue weighted by Gasteiger charge is -2.14. The average Bonchev–Trinajstić information content (AvgIpc) is 2.25. The zero-order valence-electron chi connectivity index (χ0n) is 9.31. The van der Waals surface area contributed by atoms with Gasteiger partial charge in [0, 0.05) is 22.7 Å². The number of hydrogen-bond donors (Lipinski definition) is 2. The van der Waals surface area contributed by atoms with E-state index in [0.717, 1.165) is 18.6 Å². The molecule has 0 spiro atoms. The fourth-order valence-corrected chi connectivity index (χ4v) is 1.74. The summed E-state index contributed by atoms with van der Waals surface area (Å²) in [6.45, 7) is 2.48. The van der Waals surface area contributed by atoms with Crippen molar-refractivity contribution in [1.29, 1.82) is 0 Å². The second kappa shape index (κ2) is 5.73. The Kier molecular flexibility index (Phi) is 4.82. The minimum atomic E-state index is -4.32. The molecular formula is C11H14BrF3N2. The van der Waals surface area contributed by atoms with E-state index < -0.39 is 11.7 Å². The van der Waals surface area contributed by atoms with Gasteiger partial charge in [-0.25, -0.2) is 0 Å². The van der Waals surface area contributed by atoms with Gasteiger partial charge in [-0.05, 0) is 40.5 Å². The van der Waals surface area contributed by atoms with Gasteiger partial charge in [0.05, 0.1) is 5.56 Å². The van der Waals surface area contributed by atoms with E-state index in [1.54, 1.807) is 0 Å². The van der Waals surface area contributed by atoms with Crippen LogP contribution in [0.3, 0.4) is 0 Å². The van der Waals surface area contributed by atoms with Crippen molar-refractivity contribution in [1.82, 2.24) is 0 Å². The predicted octanol–water partition coefficient (Wildman–Crippen LogP) is 3.62. The smallest absolute Gasteiger partial charge is 0.383 e. The summed E-state index contributed by atoms with van der Waals surface area (Å²) in [5.74, 6) is 0. The number of hydrogen-bond acceptors (Lipinski definition) is 2. The molecule has 0 saturated heterocycles. The van der Waals surface area contributed by atoms with E-state index in [4.69, 9.17) is 5.73 Å². The van der Waals surface area contributed by atoms with Gasteiger partial charge in [0.25, 0.3) is 0 Å². The molecule has 0 radical (unpaired) electrons. The highest BCUT2D eigenvalue weighted by atomic mass is 79.9. The second-order valence-electron chi connectivity index (χ2n) is 3.74. The van der Waals surface area contributed by atoms with Gasteiger partial charge in [-0.15, -0.1) is 0 Å². The van der Waals surface area contributed by atoms with Crippen molar-refractivity contribution in [3.63, 3.8) is 0 Å². The number of rotatable bonds is 4. The normalized spacial score (nSPS) is 13.5. The molecule has 1 aromatic rings. The highest BCUT2D eigenvalue weighted by Gasteiger charge is 2.30. The van der Waals surface area contributed by atoms with Crippen LogP contribution in [0.2, 0.25) is 0 Å². The molecule has 0 heterocycles. The Morgan fingerprint density at radius 3 is 2.53 bits per heavy atom. The third kappa shape index (κ3) is 4.20. The number of alkyl halides is 3. The highest BCUT2D eigenvalue weighted by molar-refractivity contribution is 9.10. The molecule has 0 aliphatic rings. The molecule has 0 aliphatic carbocycles. The van der Waals surface area contributed by atoms with Gasteiger partial charge >= 0.3 is 6.18 Å². The largest absolute Gasteiger partial charge is 0.416 e. The first-order valence-electron chi connectivity index (χ1n) is 5.20. The van der Waals surface area contributed by atoms with Gasteiger partial charge in [-0.1, -0.05) is 6.92 Å². The SMILES string of the molecule is CCC(N)CNc1ccc(C(F)(F)F)cc1Br. The quantitative estimate of drug-likeness (QED) is 0.891. The average molecular weight is 311 g/mol. The molecule has 6 heteroatoms. The molecule has 1 rings (SSSR count). The molecule has 0 amide bonds. The number of nitrogens with two attached hydrogens (primary N) is 1. The Labute approximate surface area is 107 Å². The zero-order valence-corrected chi connectivity index (χ0v) is 10.9. The van der Waals surface area contributed by atoms with Gasteiger partial charge in [-0.2, -0.15) is 13.2 Å². The van der Waals surface area contributed by atoms with E-state index >= 15 is 0 Å². The van der Waals surface area contributed by atoms with Crippen LogP contribution in [0.4, 0.5) is 18.9 Å². The van der Waals surface area contributed by atoms with E-state index in [1.807, 2.05) is 6.92 Å². The van der Waals surface area contributed by atoms with Crippen molar-refractivity contribution in [2.45, 2.75) is 25.6 Å². The maximum Gasteiger partial charge on any atom is 0.416 e. The summed E-state index contributed by atoms with van der Waals surface area (Å²) in [6, 6.07) is 3.49. The van der Waals surface area contributed by atoms with E-state index in [9.17, 15) is 13.2 Å². The Morgan fingerprint density at radius 2 is 2.06 bits per heavy atom. The van der Waals surface area contributed by atoms with Gasteiger partial charge in [0.1, 0.15) is 0 Å². The van der Waals surface area contributed by atoms with Gasteiger partial charge in [-0.3, -0.25) is 0 Å². The fourth-order valence-electron chi connectivity index (χ4n) is 1.22. The van der Waals surface area contributed by atoms with Gasteiger partial charge in [0.2, 0.25) is 0 Å². The molecule has 0 aliphatic heterocycles. The van der Waals surface area contributed by atoms with Crippen LogP contribution in [-0.4, -0.2) is 12.6 Å². The van der Waals surface area contributed by atoms with E-state index in [0.29, 0.717) is 16.7 Å². The Hall–Kier alpha value is -0.750. The maximum absolute atomic E-state index is 12.4. The molecule has 0 aromatic heterocycles. The standard InChI is InChI=1S/C11H14BrF3N2/c1-2-8(16)6-17-10-4-3-7(5-9(10)12)11(13,14)15/h3-5,8,17H,2,6,16H2,1H3. The Balaban J connectivity index is 2.77. The van der Waals surface area contributed by atoms with Crippen LogP contribution < -0.4 is 11.1 Å². The van der Waals surface area contributed by atoms with Crippen molar-refractivity contribution in [3.05, 3.63) is 28.2 Å². The number of benzene rings is 1.